The van der Waals surface area contributed by atoms with Crippen molar-refractivity contribution in [2.75, 3.05) is 38.5 Å². The molecule has 0 aromatic carbocycles. The Morgan fingerprint density at radius 3 is 2.56 bits per heavy atom. The van der Waals surface area contributed by atoms with Crippen LogP contribution < -0.4 is 5.73 Å². The second-order valence-corrected chi connectivity index (χ2v) is 6.30. The van der Waals surface area contributed by atoms with Gasteiger partial charge in [-0.2, -0.15) is 9.40 Å². The van der Waals surface area contributed by atoms with Gasteiger partial charge in [-0.05, 0) is 13.0 Å². The maximum absolute atomic E-state index is 12.3. The predicted octanol–water partition coefficient (Wildman–Crippen LogP) is -0.292. The minimum absolute atomic E-state index is 0.0754. The van der Waals surface area contributed by atoms with Gasteiger partial charge in [0.2, 0.25) is 10.0 Å². The molecule has 0 saturated carbocycles. The lowest BCUT2D eigenvalue weighted by Gasteiger charge is -2.33. The highest BCUT2D eigenvalue weighted by atomic mass is 32.2. The first kappa shape index (κ1) is 13.3. The third-order valence-electron chi connectivity index (χ3n) is 3.12. The van der Waals surface area contributed by atoms with E-state index >= 15 is 0 Å². The van der Waals surface area contributed by atoms with Crippen molar-refractivity contribution in [2.45, 2.75) is 18.2 Å². The van der Waals surface area contributed by atoms with Gasteiger partial charge in [0.25, 0.3) is 0 Å². The summed E-state index contributed by atoms with van der Waals surface area (Å²) >= 11 is 0. The van der Waals surface area contributed by atoms with Crippen molar-refractivity contribution < 1.29 is 8.42 Å². The third-order valence-corrected chi connectivity index (χ3v) is 5.05. The van der Waals surface area contributed by atoms with Crippen LogP contribution in [0.2, 0.25) is 0 Å². The molecule has 1 aliphatic heterocycles. The molecule has 0 amide bonds. The molecule has 0 aliphatic carbocycles. The van der Waals surface area contributed by atoms with Gasteiger partial charge in [0.1, 0.15) is 10.7 Å². The van der Waals surface area contributed by atoms with Crippen LogP contribution in [0.25, 0.3) is 0 Å². The van der Waals surface area contributed by atoms with Gasteiger partial charge in [0.15, 0.2) is 0 Å². The highest BCUT2D eigenvalue weighted by molar-refractivity contribution is 7.89. The molecule has 0 atom stereocenters. The lowest BCUT2D eigenvalue weighted by atomic mass is 10.3. The first-order chi connectivity index (χ1) is 8.55. The molecule has 2 heterocycles. The van der Waals surface area contributed by atoms with E-state index in [9.17, 15) is 8.42 Å². The van der Waals surface area contributed by atoms with Crippen LogP contribution in [0.15, 0.2) is 11.1 Å². The molecule has 0 spiro atoms. The lowest BCUT2D eigenvalue weighted by molar-refractivity contribution is 0.189. The molecule has 1 fully saturated rings. The van der Waals surface area contributed by atoms with Crippen molar-refractivity contribution in [3.63, 3.8) is 0 Å². The molecular weight excluding hydrogens is 254 g/mol. The number of nitrogens with two attached hydrogens (primary N) is 1. The lowest BCUT2D eigenvalue weighted by Crippen LogP contribution is -2.48. The van der Waals surface area contributed by atoms with Crippen LogP contribution in [0.4, 0.5) is 5.82 Å². The van der Waals surface area contributed by atoms with Crippen molar-refractivity contribution in [1.82, 2.24) is 19.4 Å². The van der Waals surface area contributed by atoms with Gasteiger partial charge in [-0.25, -0.2) is 8.42 Å². The highest BCUT2D eigenvalue weighted by Gasteiger charge is 2.30. The number of nitrogens with one attached hydrogen (secondary N) is 1. The summed E-state index contributed by atoms with van der Waals surface area (Å²) in [6.45, 7) is 5.69. The normalized spacial score (nSPS) is 19.2. The molecule has 1 aromatic heterocycles. The topological polar surface area (TPSA) is 95.3 Å². The van der Waals surface area contributed by atoms with E-state index in [2.05, 4.69) is 22.0 Å². The first-order valence-electron chi connectivity index (χ1n) is 6.07. The number of aromatic amines is 1. The molecule has 1 saturated heterocycles. The number of nitrogens with zero attached hydrogens (tertiary/aromatic N) is 3. The Labute approximate surface area is 107 Å². The molecular formula is C10H19N5O2S. The van der Waals surface area contributed by atoms with E-state index in [-0.39, 0.29) is 10.7 Å². The van der Waals surface area contributed by atoms with Gasteiger partial charge < -0.3 is 10.6 Å². The molecule has 102 valence electrons. The average Bonchev–Trinajstić information content (AvgIpc) is 2.77. The summed E-state index contributed by atoms with van der Waals surface area (Å²) in [7, 11) is -3.50. The van der Waals surface area contributed by atoms with E-state index in [0.29, 0.717) is 13.1 Å². The fourth-order valence-electron chi connectivity index (χ4n) is 2.14. The van der Waals surface area contributed by atoms with Crippen molar-refractivity contribution >= 4 is 15.8 Å². The first-order valence-corrected chi connectivity index (χ1v) is 7.51. The van der Waals surface area contributed by atoms with Crippen LogP contribution in [0, 0.1) is 0 Å². The van der Waals surface area contributed by atoms with Crippen molar-refractivity contribution in [3.05, 3.63) is 6.20 Å². The molecule has 1 aliphatic rings. The highest BCUT2D eigenvalue weighted by Crippen LogP contribution is 2.20. The zero-order valence-corrected chi connectivity index (χ0v) is 11.3. The van der Waals surface area contributed by atoms with E-state index in [4.69, 9.17) is 5.73 Å². The summed E-state index contributed by atoms with van der Waals surface area (Å²) in [5.74, 6) is 0.103. The van der Waals surface area contributed by atoms with Gasteiger partial charge in [0.05, 0.1) is 6.20 Å². The van der Waals surface area contributed by atoms with E-state index in [1.54, 1.807) is 0 Å². The van der Waals surface area contributed by atoms with Crippen LogP contribution in [0.1, 0.15) is 13.3 Å². The van der Waals surface area contributed by atoms with Gasteiger partial charge >= 0.3 is 0 Å². The number of anilines is 1. The zero-order chi connectivity index (χ0) is 13.2. The number of hydrogen-bond acceptors (Lipinski definition) is 5. The fourth-order valence-corrected chi connectivity index (χ4v) is 3.57. The maximum Gasteiger partial charge on any atom is 0.248 e. The molecule has 3 N–H and O–H groups in total. The van der Waals surface area contributed by atoms with Gasteiger partial charge in [-0.3, -0.25) is 5.10 Å². The summed E-state index contributed by atoms with van der Waals surface area (Å²) < 4.78 is 26.1. The Bertz CT molecular complexity index is 490. The van der Waals surface area contributed by atoms with Crippen molar-refractivity contribution in [2.24, 2.45) is 0 Å². The number of sulfonamides is 1. The van der Waals surface area contributed by atoms with Gasteiger partial charge in [-0.15, -0.1) is 0 Å². The zero-order valence-electron chi connectivity index (χ0n) is 10.5. The SMILES string of the molecule is CCCN1CCN(S(=O)(=O)c2cn[nH]c2N)CC1. The van der Waals surface area contributed by atoms with Crippen LogP contribution in [0.3, 0.4) is 0 Å². The smallest absolute Gasteiger partial charge is 0.248 e. The Morgan fingerprint density at radius 1 is 1.39 bits per heavy atom. The quantitative estimate of drug-likeness (QED) is 0.786. The second-order valence-electron chi connectivity index (χ2n) is 4.39. The average molecular weight is 273 g/mol. The molecule has 1 aromatic rings. The molecule has 2 rings (SSSR count). The summed E-state index contributed by atoms with van der Waals surface area (Å²) in [6, 6.07) is 0. The summed E-state index contributed by atoms with van der Waals surface area (Å²) in [4.78, 5) is 2.34. The second kappa shape index (κ2) is 5.25. The summed E-state index contributed by atoms with van der Waals surface area (Å²) in [5, 5.41) is 6.12. The molecule has 0 bridgehead atoms. The van der Waals surface area contributed by atoms with E-state index in [1.807, 2.05) is 0 Å². The Kier molecular flexibility index (Phi) is 3.88. The maximum atomic E-state index is 12.3. The summed E-state index contributed by atoms with van der Waals surface area (Å²) in [5.41, 5.74) is 5.57. The monoisotopic (exact) mass is 273 g/mol. The Hall–Kier alpha value is -1.12. The minimum Gasteiger partial charge on any atom is -0.383 e. The predicted molar refractivity (Wildman–Crippen MR) is 68.5 cm³/mol. The number of aromatic nitrogens is 2. The number of rotatable bonds is 4. The summed E-state index contributed by atoms with van der Waals surface area (Å²) in [6.07, 6.45) is 2.35. The van der Waals surface area contributed by atoms with E-state index in [0.717, 1.165) is 26.1 Å². The fraction of sp³-hybridized carbons (Fsp3) is 0.700. The van der Waals surface area contributed by atoms with Crippen LogP contribution >= 0.6 is 0 Å². The van der Waals surface area contributed by atoms with E-state index < -0.39 is 10.0 Å². The number of nitrogen functional groups attached to an aromatic ring is 1. The molecule has 18 heavy (non-hydrogen) atoms. The van der Waals surface area contributed by atoms with Crippen molar-refractivity contribution in [1.29, 1.82) is 0 Å². The standard InChI is InChI=1S/C10H19N5O2S/c1-2-3-14-4-6-15(7-5-14)18(16,17)9-8-12-13-10(9)11/h8H,2-7H2,1H3,(H3,11,12,13). The van der Waals surface area contributed by atoms with Crippen LogP contribution in [-0.2, 0) is 10.0 Å². The molecule has 7 nitrogen and oxygen atoms in total. The molecule has 0 radical (unpaired) electrons. The van der Waals surface area contributed by atoms with Crippen LogP contribution in [-0.4, -0.2) is 60.5 Å². The van der Waals surface area contributed by atoms with Gasteiger partial charge in [-0.1, -0.05) is 6.92 Å². The van der Waals surface area contributed by atoms with Gasteiger partial charge in [0, 0.05) is 26.2 Å². The number of hydrogen-bond donors (Lipinski definition) is 2. The Morgan fingerprint density at radius 2 is 2.06 bits per heavy atom. The van der Waals surface area contributed by atoms with E-state index in [1.165, 1.54) is 10.5 Å². The minimum atomic E-state index is -3.50. The molecule has 0 unspecified atom stereocenters. The van der Waals surface area contributed by atoms with Crippen molar-refractivity contribution in [3.8, 4) is 0 Å². The number of piperazine rings is 1. The Balaban J connectivity index is 2.08. The molecule has 8 heteroatoms. The number of H-pyrrole nitrogens is 1. The largest absolute Gasteiger partial charge is 0.383 e. The van der Waals surface area contributed by atoms with Crippen LogP contribution in [0.5, 0.6) is 0 Å². The third kappa shape index (κ3) is 2.50.